The Morgan fingerprint density at radius 2 is 2.05 bits per heavy atom. The summed E-state index contributed by atoms with van der Waals surface area (Å²) in [6, 6.07) is 8.39. The van der Waals surface area contributed by atoms with Gasteiger partial charge in [-0.3, -0.25) is 0 Å². The molecule has 3 fully saturated rings. The molecule has 20 heavy (non-hydrogen) atoms. The average molecular weight is 271 g/mol. The molecule has 1 aromatic rings. The average Bonchev–Trinajstić information content (AvgIpc) is 3.10. The van der Waals surface area contributed by atoms with Crippen LogP contribution in [0.25, 0.3) is 0 Å². The van der Waals surface area contributed by atoms with Crippen LogP contribution in [-0.2, 0) is 6.42 Å². The van der Waals surface area contributed by atoms with Gasteiger partial charge in [-0.25, -0.2) is 0 Å². The first-order chi connectivity index (χ1) is 9.71. The van der Waals surface area contributed by atoms with E-state index in [-0.39, 0.29) is 5.54 Å². The third-order valence-electron chi connectivity index (χ3n) is 6.40. The van der Waals surface area contributed by atoms with Gasteiger partial charge in [0, 0.05) is 5.54 Å². The molecular weight excluding hydrogens is 246 g/mol. The summed E-state index contributed by atoms with van der Waals surface area (Å²) in [4.78, 5) is 0. The summed E-state index contributed by atoms with van der Waals surface area (Å²) in [5, 5.41) is 0. The molecular formula is C18H25NO. The van der Waals surface area contributed by atoms with E-state index in [0.29, 0.717) is 0 Å². The maximum absolute atomic E-state index is 6.90. The molecule has 1 aromatic carbocycles. The van der Waals surface area contributed by atoms with Crippen molar-refractivity contribution >= 4 is 0 Å². The van der Waals surface area contributed by atoms with E-state index in [1.54, 1.807) is 7.11 Å². The highest BCUT2D eigenvalue weighted by atomic mass is 16.5. The Bertz CT molecular complexity index is 514. The van der Waals surface area contributed by atoms with Crippen LogP contribution in [0, 0.1) is 23.7 Å². The molecule has 4 rings (SSSR count). The number of rotatable bonds is 3. The van der Waals surface area contributed by atoms with Gasteiger partial charge in [-0.2, -0.15) is 0 Å². The Balaban J connectivity index is 1.60. The predicted octanol–water partition coefficient (Wildman–Crippen LogP) is 3.39. The quantitative estimate of drug-likeness (QED) is 0.914. The monoisotopic (exact) mass is 271 g/mol. The number of benzene rings is 1. The molecule has 3 saturated carbocycles. The molecule has 3 aliphatic carbocycles. The molecule has 0 amide bonds. The molecule has 2 N–H and O–H groups in total. The first kappa shape index (κ1) is 12.7. The zero-order valence-electron chi connectivity index (χ0n) is 12.3. The molecule has 0 radical (unpaired) electrons. The van der Waals surface area contributed by atoms with Crippen molar-refractivity contribution in [3.05, 3.63) is 29.8 Å². The second kappa shape index (κ2) is 4.49. The van der Waals surface area contributed by atoms with Crippen molar-refractivity contribution in [2.75, 3.05) is 7.11 Å². The van der Waals surface area contributed by atoms with Gasteiger partial charge in [0.05, 0.1) is 7.11 Å². The number of hydrogen-bond donors (Lipinski definition) is 1. The fraction of sp³-hybridized carbons (Fsp3) is 0.667. The van der Waals surface area contributed by atoms with Gasteiger partial charge in [0.15, 0.2) is 0 Å². The van der Waals surface area contributed by atoms with Crippen molar-refractivity contribution in [3.8, 4) is 5.75 Å². The molecule has 0 aliphatic heterocycles. The van der Waals surface area contributed by atoms with Crippen LogP contribution < -0.4 is 10.5 Å². The van der Waals surface area contributed by atoms with Crippen molar-refractivity contribution in [1.29, 1.82) is 0 Å². The van der Waals surface area contributed by atoms with Crippen molar-refractivity contribution < 1.29 is 4.74 Å². The Kier molecular flexibility index (Phi) is 2.85. The molecule has 2 nitrogen and oxygen atoms in total. The van der Waals surface area contributed by atoms with Crippen LogP contribution in [0.1, 0.15) is 37.7 Å². The lowest BCUT2D eigenvalue weighted by Gasteiger charge is -2.40. The second-order valence-corrected chi connectivity index (χ2v) is 7.29. The lowest BCUT2D eigenvalue weighted by Crippen LogP contribution is -2.50. The Hall–Kier alpha value is -1.02. The van der Waals surface area contributed by atoms with Gasteiger partial charge in [0.2, 0.25) is 0 Å². The Morgan fingerprint density at radius 3 is 2.90 bits per heavy atom. The van der Waals surface area contributed by atoms with Gasteiger partial charge in [0.1, 0.15) is 5.75 Å². The van der Waals surface area contributed by atoms with Gasteiger partial charge >= 0.3 is 0 Å². The lowest BCUT2D eigenvalue weighted by molar-refractivity contribution is 0.155. The summed E-state index contributed by atoms with van der Waals surface area (Å²) in [7, 11) is 1.76. The van der Waals surface area contributed by atoms with E-state index in [2.05, 4.69) is 18.2 Å². The highest BCUT2D eigenvalue weighted by molar-refractivity contribution is 5.35. The molecule has 2 heteroatoms. The van der Waals surface area contributed by atoms with E-state index < -0.39 is 0 Å². The molecule has 2 bridgehead atoms. The third-order valence-corrected chi connectivity index (χ3v) is 6.40. The van der Waals surface area contributed by atoms with Crippen LogP contribution in [0.15, 0.2) is 24.3 Å². The summed E-state index contributed by atoms with van der Waals surface area (Å²) in [5.41, 5.74) is 8.21. The van der Waals surface area contributed by atoms with Crippen molar-refractivity contribution in [2.24, 2.45) is 29.4 Å². The molecule has 0 spiro atoms. The predicted molar refractivity (Wildman–Crippen MR) is 80.7 cm³/mol. The molecule has 108 valence electrons. The standard InChI is InChI=1S/C18H25NO/c1-20-17-8-3-2-5-12(17)10-18(19)11-13-9-16(18)15-7-4-6-14(13)15/h2-3,5,8,13-16H,4,6-7,9-11,19H2,1H3. The summed E-state index contributed by atoms with van der Waals surface area (Å²) in [5.74, 6) is 4.60. The molecule has 5 unspecified atom stereocenters. The van der Waals surface area contributed by atoms with Gasteiger partial charge in [-0.05, 0) is 67.4 Å². The van der Waals surface area contributed by atoms with E-state index in [1.165, 1.54) is 37.7 Å². The van der Waals surface area contributed by atoms with E-state index in [4.69, 9.17) is 10.5 Å². The lowest BCUT2D eigenvalue weighted by atomic mass is 9.69. The summed E-state index contributed by atoms with van der Waals surface area (Å²) >= 11 is 0. The maximum atomic E-state index is 6.90. The van der Waals surface area contributed by atoms with Crippen LogP contribution in [-0.4, -0.2) is 12.6 Å². The number of para-hydroxylation sites is 1. The number of fused-ring (bicyclic) bond motifs is 5. The van der Waals surface area contributed by atoms with Crippen molar-refractivity contribution in [1.82, 2.24) is 0 Å². The molecule has 0 saturated heterocycles. The topological polar surface area (TPSA) is 35.2 Å². The first-order valence-corrected chi connectivity index (χ1v) is 8.12. The first-order valence-electron chi connectivity index (χ1n) is 8.12. The minimum Gasteiger partial charge on any atom is -0.496 e. The summed E-state index contributed by atoms with van der Waals surface area (Å²) < 4.78 is 5.51. The number of hydrogen-bond acceptors (Lipinski definition) is 2. The van der Waals surface area contributed by atoms with Crippen LogP contribution in [0.2, 0.25) is 0 Å². The van der Waals surface area contributed by atoms with Gasteiger partial charge < -0.3 is 10.5 Å². The molecule has 0 heterocycles. The Morgan fingerprint density at radius 1 is 1.25 bits per heavy atom. The zero-order valence-corrected chi connectivity index (χ0v) is 12.3. The van der Waals surface area contributed by atoms with Gasteiger partial charge in [0.25, 0.3) is 0 Å². The highest BCUT2D eigenvalue weighted by Crippen LogP contribution is 2.62. The summed E-state index contributed by atoms with van der Waals surface area (Å²) in [6.45, 7) is 0. The normalized spacial score (nSPS) is 41.9. The minimum atomic E-state index is 0.0187. The fourth-order valence-electron chi connectivity index (χ4n) is 5.72. The smallest absolute Gasteiger partial charge is 0.122 e. The fourth-order valence-corrected chi connectivity index (χ4v) is 5.72. The van der Waals surface area contributed by atoms with Gasteiger partial charge in [-0.15, -0.1) is 0 Å². The van der Waals surface area contributed by atoms with E-state index in [9.17, 15) is 0 Å². The molecule has 3 aliphatic rings. The van der Waals surface area contributed by atoms with Crippen molar-refractivity contribution in [2.45, 2.75) is 44.1 Å². The maximum Gasteiger partial charge on any atom is 0.122 e. The number of methoxy groups -OCH3 is 1. The highest BCUT2D eigenvalue weighted by Gasteiger charge is 2.59. The van der Waals surface area contributed by atoms with E-state index in [1.807, 2.05) is 6.07 Å². The third kappa shape index (κ3) is 1.74. The van der Waals surface area contributed by atoms with E-state index >= 15 is 0 Å². The summed E-state index contributed by atoms with van der Waals surface area (Å²) in [6.07, 6.45) is 7.94. The molecule has 5 atom stereocenters. The SMILES string of the molecule is COc1ccccc1CC1(N)CC2CC1C1CCCC21. The molecule has 0 aromatic heterocycles. The van der Waals surface area contributed by atoms with Crippen LogP contribution in [0.5, 0.6) is 5.75 Å². The minimum absolute atomic E-state index is 0.0187. The van der Waals surface area contributed by atoms with Crippen molar-refractivity contribution in [3.63, 3.8) is 0 Å². The van der Waals surface area contributed by atoms with E-state index in [0.717, 1.165) is 35.8 Å². The Labute approximate surface area is 121 Å². The number of nitrogens with two attached hydrogens (primary N) is 1. The zero-order chi connectivity index (χ0) is 13.7. The van der Waals surface area contributed by atoms with Crippen LogP contribution in [0.4, 0.5) is 0 Å². The van der Waals surface area contributed by atoms with Crippen LogP contribution >= 0.6 is 0 Å². The second-order valence-electron chi connectivity index (χ2n) is 7.29. The van der Waals surface area contributed by atoms with Crippen LogP contribution in [0.3, 0.4) is 0 Å². The largest absolute Gasteiger partial charge is 0.496 e. The number of ether oxygens (including phenoxy) is 1. The van der Waals surface area contributed by atoms with Gasteiger partial charge in [-0.1, -0.05) is 24.6 Å².